The maximum Gasteiger partial charge on any atom is 0.338 e. The van der Waals surface area contributed by atoms with Crippen LogP contribution in [0.15, 0.2) is 24.2 Å². The van der Waals surface area contributed by atoms with Gasteiger partial charge in [-0.3, -0.25) is 0 Å². The van der Waals surface area contributed by atoms with Crippen molar-refractivity contribution in [2.24, 2.45) is 5.92 Å². The minimum Gasteiger partial charge on any atom is -0.545 e. The van der Waals surface area contributed by atoms with Crippen molar-refractivity contribution >= 4 is 11.9 Å². The Bertz CT molecular complexity index is 569. The first-order chi connectivity index (χ1) is 9.18. The van der Waals surface area contributed by atoms with Gasteiger partial charge in [-0.2, -0.15) is 0 Å². The molecule has 0 saturated carbocycles. The van der Waals surface area contributed by atoms with E-state index >= 15 is 0 Å². The van der Waals surface area contributed by atoms with Crippen LogP contribution in [-0.4, -0.2) is 18.5 Å². The van der Waals surface area contributed by atoms with Gasteiger partial charge < -0.3 is 14.6 Å². The average Bonchev–Trinajstić information content (AvgIpc) is 2.36. The normalized spacial score (nSPS) is 13.7. The molecule has 0 heterocycles. The highest BCUT2D eigenvalue weighted by Gasteiger charge is 2.13. The minimum absolute atomic E-state index is 0.000860. The highest BCUT2D eigenvalue weighted by molar-refractivity contribution is 6.01. The molecule has 0 atom stereocenters. The van der Waals surface area contributed by atoms with E-state index in [1.54, 1.807) is 13.8 Å². The van der Waals surface area contributed by atoms with Gasteiger partial charge in [0.15, 0.2) is 0 Å². The number of hydrogen-bond donors (Lipinski definition) is 0. The van der Waals surface area contributed by atoms with Crippen molar-refractivity contribution in [3.63, 3.8) is 0 Å². The molecule has 1 aromatic carbocycles. The lowest BCUT2D eigenvalue weighted by Crippen LogP contribution is -2.25. The lowest BCUT2D eigenvalue weighted by Gasteiger charge is -2.11. The van der Waals surface area contributed by atoms with Crippen molar-refractivity contribution in [3.8, 4) is 0 Å². The summed E-state index contributed by atoms with van der Waals surface area (Å²) in [7, 11) is 0. The predicted octanol–water partition coefficient (Wildman–Crippen LogP) is 0.863. The predicted molar refractivity (Wildman–Crippen MR) is 55.9 cm³/mol. The van der Waals surface area contributed by atoms with E-state index < -0.39 is 47.2 Å². The fourth-order valence-electron chi connectivity index (χ4n) is 0.933. The smallest absolute Gasteiger partial charge is 0.338 e. The lowest BCUT2D eigenvalue weighted by atomic mass is 10.1. The first-order valence-electron chi connectivity index (χ1n) is 6.67. The number of benzene rings is 1. The number of rotatable bonds is 4. The molecule has 1 aromatic rings. The van der Waals surface area contributed by atoms with E-state index in [9.17, 15) is 14.7 Å². The van der Waals surface area contributed by atoms with Crippen molar-refractivity contribution in [1.82, 2.24) is 0 Å². The summed E-state index contributed by atoms with van der Waals surface area (Å²) in [5.41, 5.74) is -1.60. The van der Waals surface area contributed by atoms with Gasteiger partial charge >= 0.3 is 5.97 Å². The molecule has 0 bridgehead atoms. The van der Waals surface area contributed by atoms with E-state index in [2.05, 4.69) is 0 Å². The Balaban J connectivity index is 3.44. The zero-order valence-electron chi connectivity index (χ0n) is 12.9. The Kier molecular flexibility index (Phi) is 2.46. The molecule has 0 spiro atoms. The summed E-state index contributed by atoms with van der Waals surface area (Å²) in [5.74, 6) is -2.96. The second-order valence-corrected chi connectivity index (χ2v) is 3.53. The zero-order valence-corrected chi connectivity index (χ0v) is 8.92. The Morgan fingerprint density at radius 2 is 1.94 bits per heavy atom. The molecule has 0 saturated heterocycles. The van der Waals surface area contributed by atoms with E-state index in [1.165, 1.54) is 0 Å². The van der Waals surface area contributed by atoms with E-state index in [4.69, 9.17) is 10.2 Å². The van der Waals surface area contributed by atoms with Crippen molar-refractivity contribution in [2.45, 2.75) is 13.8 Å². The summed E-state index contributed by atoms with van der Waals surface area (Å²) < 4.78 is 34.8. The lowest BCUT2D eigenvalue weighted by molar-refractivity contribution is -0.255. The van der Waals surface area contributed by atoms with Crippen molar-refractivity contribution in [3.05, 3.63) is 35.3 Å². The number of esters is 1. The number of carboxylic acid groups (broad SMARTS) is 1. The van der Waals surface area contributed by atoms with Crippen LogP contribution in [0.2, 0.25) is 0 Å². The van der Waals surface area contributed by atoms with Crippen LogP contribution in [0.5, 0.6) is 0 Å². The third-order valence-electron chi connectivity index (χ3n) is 1.64. The summed E-state index contributed by atoms with van der Waals surface area (Å²) in [4.78, 5) is 22.9. The van der Waals surface area contributed by atoms with Gasteiger partial charge in [-0.1, -0.05) is 32.0 Å². The van der Waals surface area contributed by atoms with Crippen LogP contribution in [-0.2, 0) is 4.74 Å². The Morgan fingerprint density at radius 3 is 2.44 bits per heavy atom. The SMILES string of the molecule is [2H]c1c([2H])c([2H])c(C(=O)OCC(C)C)c(C(=O)[O-])c1[2H]. The van der Waals surface area contributed by atoms with Crippen molar-refractivity contribution < 1.29 is 24.9 Å². The zero-order chi connectivity index (χ0) is 15.6. The molecule has 0 N–H and O–H groups in total. The molecular weight excluding hydrogens is 208 g/mol. The van der Waals surface area contributed by atoms with E-state index in [0.717, 1.165) is 0 Å². The number of carbonyl (C=O) groups is 2. The summed E-state index contributed by atoms with van der Waals surface area (Å²) in [6, 6.07) is -3.02. The molecule has 1 rings (SSSR count). The maximum absolute atomic E-state index is 11.8. The number of aromatic carboxylic acids is 1. The third-order valence-corrected chi connectivity index (χ3v) is 1.64. The van der Waals surface area contributed by atoms with Crippen LogP contribution < -0.4 is 5.11 Å². The average molecular weight is 225 g/mol. The largest absolute Gasteiger partial charge is 0.545 e. The Morgan fingerprint density at radius 1 is 1.38 bits per heavy atom. The van der Waals surface area contributed by atoms with E-state index in [0.29, 0.717) is 0 Å². The molecule has 0 aliphatic heterocycles. The molecule has 0 radical (unpaired) electrons. The van der Waals surface area contributed by atoms with E-state index in [-0.39, 0.29) is 12.5 Å². The Labute approximate surface area is 99.5 Å². The summed E-state index contributed by atoms with van der Waals surface area (Å²) >= 11 is 0. The molecule has 0 unspecified atom stereocenters. The second-order valence-electron chi connectivity index (χ2n) is 3.53. The van der Waals surface area contributed by atoms with Crippen molar-refractivity contribution in [1.29, 1.82) is 0 Å². The van der Waals surface area contributed by atoms with Gasteiger partial charge in [0.2, 0.25) is 0 Å². The number of ether oxygens (including phenoxy) is 1. The molecule has 16 heavy (non-hydrogen) atoms. The fourth-order valence-corrected chi connectivity index (χ4v) is 0.933. The van der Waals surface area contributed by atoms with Gasteiger partial charge in [0.05, 0.1) is 23.6 Å². The summed E-state index contributed by atoms with van der Waals surface area (Å²) in [6.07, 6.45) is 0. The second kappa shape index (κ2) is 5.30. The number of carbonyl (C=O) groups excluding carboxylic acids is 2. The summed E-state index contributed by atoms with van der Waals surface area (Å²) in [6.45, 7) is 3.55. The Hall–Kier alpha value is -1.84. The standard InChI is InChI=1S/C12H14O4/c1-8(2)7-16-12(15)10-6-4-3-5-9(10)11(13)14/h3-6,8H,7H2,1-2H3,(H,13,14)/p-1/i3D,4D,5D,6D. The van der Waals surface area contributed by atoms with Gasteiger partial charge in [0.1, 0.15) is 0 Å². The number of hydrogen-bond acceptors (Lipinski definition) is 4. The van der Waals surface area contributed by atoms with Gasteiger partial charge in [-0.25, -0.2) is 4.79 Å². The molecule has 4 nitrogen and oxygen atoms in total. The van der Waals surface area contributed by atoms with Crippen LogP contribution in [0, 0.1) is 5.92 Å². The van der Waals surface area contributed by atoms with Gasteiger partial charge in [-0.05, 0) is 12.0 Å². The molecule has 86 valence electrons. The third kappa shape index (κ3) is 3.08. The van der Waals surface area contributed by atoms with Gasteiger partial charge in [0.25, 0.3) is 0 Å². The van der Waals surface area contributed by atoms with Crippen LogP contribution >= 0.6 is 0 Å². The van der Waals surface area contributed by atoms with Crippen LogP contribution in [0.25, 0.3) is 0 Å². The first kappa shape index (κ1) is 7.44. The van der Waals surface area contributed by atoms with Crippen LogP contribution in [0.1, 0.15) is 40.0 Å². The topological polar surface area (TPSA) is 66.4 Å². The monoisotopic (exact) mass is 225 g/mol. The number of carboxylic acids is 1. The fraction of sp³-hybridized carbons (Fsp3) is 0.333. The molecule has 0 amide bonds. The molecule has 4 heteroatoms. The highest BCUT2D eigenvalue weighted by Crippen LogP contribution is 2.10. The van der Waals surface area contributed by atoms with Crippen LogP contribution in [0.3, 0.4) is 0 Å². The van der Waals surface area contributed by atoms with E-state index in [1.807, 2.05) is 0 Å². The first-order valence-corrected chi connectivity index (χ1v) is 4.67. The van der Waals surface area contributed by atoms with Crippen molar-refractivity contribution in [2.75, 3.05) is 6.61 Å². The quantitative estimate of drug-likeness (QED) is 0.713. The molecule has 0 aromatic heterocycles. The van der Waals surface area contributed by atoms with Gasteiger partial charge in [-0.15, -0.1) is 0 Å². The maximum atomic E-state index is 11.8. The van der Waals surface area contributed by atoms with Gasteiger partial charge in [0, 0.05) is 5.56 Å². The molecule has 0 fully saturated rings. The molecule has 0 aliphatic carbocycles. The van der Waals surface area contributed by atoms with Crippen LogP contribution in [0.4, 0.5) is 0 Å². The highest BCUT2D eigenvalue weighted by atomic mass is 16.5. The molecule has 0 aliphatic rings. The summed E-state index contributed by atoms with van der Waals surface area (Å²) in [5, 5.41) is 11.0. The molecular formula is C12H13O4-. The minimum atomic E-state index is -1.85.